The van der Waals surface area contributed by atoms with Crippen LogP contribution in [-0.2, 0) is 5.60 Å². The molecule has 2 aromatic rings. The average Bonchev–Trinajstić information content (AvgIpc) is 2.83. The predicted molar refractivity (Wildman–Crippen MR) is 57.4 cm³/mol. The van der Waals surface area contributed by atoms with Crippen LogP contribution >= 0.6 is 11.3 Å². The van der Waals surface area contributed by atoms with E-state index in [9.17, 15) is 18.3 Å². The minimum absolute atomic E-state index is 0.393. The van der Waals surface area contributed by atoms with Crippen LogP contribution < -0.4 is 0 Å². The Morgan fingerprint density at radius 2 is 2.06 bits per heavy atom. The molecule has 0 radical (unpaired) electrons. The second kappa shape index (κ2) is 4.02. The Balaban J connectivity index is 2.37. The number of nitrogens with zero attached hydrogens (tertiary/aromatic N) is 4. The van der Waals surface area contributed by atoms with Gasteiger partial charge in [0.1, 0.15) is 5.69 Å². The molecule has 0 spiro atoms. The third kappa shape index (κ3) is 2.10. The number of rotatable bonds is 2. The lowest BCUT2D eigenvalue weighted by Gasteiger charge is -2.23. The Morgan fingerprint density at radius 1 is 1.39 bits per heavy atom. The predicted octanol–water partition coefficient (Wildman–Crippen LogP) is 1.80. The van der Waals surface area contributed by atoms with Gasteiger partial charge >= 0.3 is 6.18 Å². The van der Waals surface area contributed by atoms with Crippen LogP contribution in [0.3, 0.4) is 0 Å². The van der Waals surface area contributed by atoms with Crippen molar-refractivity contribution in [2.45, 2.75) is 25.6 Å². The van der Waals surface area contributed by atoms with Gasteiger partial charge in [0, 0.05) is 11.1 Å². The van der Waals surface area contributed by atoms with Crippen molar-refractivity contribution in [1.29, 1.82) is 0 Å². The van der Waals surface area contributed by atoms with Crippen molar-refractivity contribution in [1.82, 2.24) is 20.0 Å². The molecule has 1 atom stereocenters. The van der Waals surface area contributed by atoms with Gasteiger partial charge in [-0.15, -0.1) is 16.4 Å². The second-order valence-corrected chi connectivity index (χ2v) is 5.09. The fourth-order valence-corrected chi connectivity index (χ4v) is 1.86. The average molecular weight is 278 g/mol. The summed E-state index contributed by atoms with van der Waals surface area (Å²) in [5.74, 6) is 0. The molecular weight excluding hydrogens is 269 g/mol. The van der Waals surface area contributed by atoms with Gasteiger partial charge in [-0.1, -0.05) is 5.21 Å². The lowest BCUT2D eigenvalue weighted by Crippen LogP contribution is -2.39. The number of thiazole rings is 1. The van der Waals surface area contributed by atoms with Crippen LogP contribution in [0.5, 0.6) is 0 Å². The molecule has 0 saturated carbocycles. The summed E-state index contributed by atoms with van der Waals surface area (Å²) in [7, 11) is 0. The van der Waals surface area contributed by atoms with Crippen LogP contribution in [0.2, 0.25) is 0 Å². The van der Waals surface area contributed by atoms with Crippen molar-refractivity contribution >= 4 is 11.3 Å². The number of aryl methyl sites for hydroxylation is 1. The Hall–Kier alpha value is -1.48. The van der Waals surface area contributed by atoms with E-state index < -0.39 is 17.5 Å². The van der Waals surface area contributed by atoms with Crippen LogP contribution in [0.4, 0.5) is 13.2 Å². The summed E-state index contributed by atoms with van der Waals surface area (Å²) in [6, 6.07) is 0. The van der Waals surface area contributed by atoms with Gasteiger partial charge in [0.15, 0.2) is 0 Å². The largest absolute Gasteiger partial charge is 0.422 e. The van der Waals surface area contributed by atoms with Crippen LogP contribution in [0.1, 0.15) is 17.5 Å². The van der Waals surface area contributed by atoms with Gasteiger partial charge in [0.25, 0.3) is 0 Å². The summed E-state index contributed by atoms with van der Waals surface area (Å²) in [4.78, 5) is 4.85. The Kier molecular flexibility index (Phi) is 2.90. The fourth-order valence-electron chi connectivity index (χ4n) is 1.17. The highest BCUT2D eigenvalue weighted by Crippen LogP contribution is 2.37. The van der Waals surface area contributed by atoms with Crippen molar-refractivity contribution in [3.63, 3.8) is 0 Å². The maximum absolute atomic E-state index is 12.6. The first-order valence-electron chi connectivity index (χ1n) is 4.86. The molecule has 5 nitrogen and oxygen atoms in total. The smallest absolute Gasteiger partial charge is 0.375 e. The van der Waals surface area contributed by atoms with E-state index in [1.165, 1.54) is 11.3 Å². The molecule has 2 heterocycles. The van der Waals surface area contributed by atoms with E-state index in [1.807, 2.05) is 6.92 Å². The van der Waals surface area contributed by atoms with Crippen molar-refractivity contribution in [3.8, 4) is 5.13 Å². The molecule has 9 heteroatoms. The molecule has 0 saturated heterocycles. The third-order valence-electron chi connectivity index (χ3n) is 2.35. The maximum atomic E-state index is 12.6. The van der Waals surface area contributed by atoms with Crippen LogP contribution in [-0.4, -0.2) is 31.3 Å². The molecular formula is C9H9F3N4OS. The molecule has 0 amide bonds. The molecule has 1 unspecified atom stereocenters. The molecule has 0 aliphatic carbocycles. The summed E-state index contributed by atoms with van der Waals surface area (Å²) in [6.07, 6.45) is -2.22. The van der Waals surface area contributed by atoms with E-state index in [0.29, 0.717) is 12.1 Å². The number of aliphatic hydroxyl groups is 1. The molecule has 0 aliphatic rings. The van der Waals surface area contributed by atoms with Gasteiger partial charge in [-0.2, -0.15) is 17.9 Å². The number of alkyl halides is 3. The summed E-state index contributed by atoms with van der Waals surface area (Å²) >= 11 is 1.26. The fraction of sp³-hybridized carbons (Fsp3) is 0.444. The van der Waals surface area contributed by atoms with Crippen molar-refractivity contribution in [2.75, 3.05) is 0 Å². The Morgan fingerprint density at radius 3 is 2.56 bits per heavy atom. The lowest BCUT2D eigenvalue weighted by molar-refractivity contribution is -0.260. The van der Waals surface area contributed by atoms with Crippen LogP contribution in [0.15, 0.2) is 12.4 Å². The van der Waals surface area contributed by atoms with E-state index in [0.717, 1.165) is 15.8 Å². The first kappa shape index (κ1) is 13.0. The zero-order valence-corrected chi connectivity index (χ0v) is 10.2. The minimum Gasteiger partial charge on any atom is -0.375 e. The van der Waals surface area contributed by atoms with Crippen LogP contribution in [0, 0.1) is 6.92 Å². The van der Waals surface area contributed by atoms with Gasteiger partial charge in [-0.3, -0.25) is 0 Å². The normalized spacial score (nSPS) is 15.7. The summed E-state index contributed by atoms with van der Waals surface area (Å²) in [5.41, 5.74) is -3.60. The summed E-state index contributed by atoms with van der Waals surface area (Å²) < 4.78 is 38.9. The van der Waals surface area contributed by atoms with Gasteiger partial charge in [0.2, 0.25) is 10.7 Å². The molecule has 18 heavy (non-hydrogen) atoms. The van der Waals surface area contributed by atoms with Gasteiger partial charge < -0.3 is 5.11 Å². The highest BCUT2D eigenvalue weighted by atomic mass is 32.1. The Labute approximate surface area is 104 Å². The van der Waals surface area contributed by atoms with Crippen molar-refractivity contribution in [2.24, 2.45) is 0 Å². The number of hydrogen-bond donors (Lipinski definition) is 1. The minimum atomic E-state index is -4.81. The molecule has 0 fully saturated rings. The van der Waals surface area contributed by atoms with Gasteiger partial charge in [-0.05, 0) is 13.8 Å². The Bertz CT molecular complexity index is 560. The summed E-state index contributed by atoms with van der Waals surface area (Å²) in [6.45, 7) is 2.44. The monoisotopic (exact) mass is 278 g/mol. The first-order valence-corrected chi connectivity index (χ1v) is 5.68. The van der Waals surface area contributed by atoms with Crippen molar-refractivity contribution in [3.05, 3.63) is 23.0 Å². The number of hydrogen-bond acceptors (Lipinski definition) is 5. The van der Waals surface area contributed by atoms with Crippen molar-refractivity contribution < 1.29 is 18.3 Å². The number of halogens is 3. The quantitative estimate of drug-likeness (QED) is 0.909. The van der Waals surface area contributed by atoms with Gasteiger partial charge in [0.05, 0.1) is 6.20 Å². The molecule has 0 aromatic carbocycles. The first-order chi connectivity index (χ1) is 8.22. The topological polar surface area (TPSA) is 63.8 Å². The zero-order chi connectivity index (χ0) is 13.6. The molecule has 0 aliphatic heterocycles. The van der Waals surface area contributed by atoms with Crippen LogP contribution in [0.25, 0.3) is 5.13 Å². The van der Waals surface area contributed by atoms with Gasteiger partial charge in [-0.25, -0.2) is 4.98 Å². The maximum Gasteiger partial charge on any atom is 0.422 e. The highest BCUT2D eigenvalue weighted by molar-refractivity contribution is 7.13. The highest BCUT2D eigenvalue weighted by Gasteiger charge is 2.53. The molecule has 98 valence electrons. The van der Waals surface area contributed by atoms with E-state index in [1.54, 1.807) is 6.20 Å². The zero-order valence-electron chi connectivity index (χ0n) is 9.43. The standard InChI is InChI=1S/C9H9F3N4OS/c1-5-3-13-7(18-5)16-4-6(14-15-16)8(2,17)9(10,11)12/h3-4,17H,1-2H3. The molecule has 2 aromatic heterocycles. The van der Waals surface area contributed by atoms with E-state index in [2.05, 4.69) is 15.3 Å². The van der Waals surface area contributed by atoms with E-state index in [-0.39, 0.29) is 0 Å². The lowest BCUT2D eigenvalue weighted by atomic mass is 10.0. The van der Waals surface area contributed by atoms with E-state index >= 15 is 0 Å². The second-order valence-electron chi connectivity index (χ2n) is 3.87. The third-order valence-corrected chi connectivity index (χ3v) is 3.25. The molecule has 0 bridgehead atoms. The van der Waals surface area contributed by atoms with E-state index in [4.69, 9.17) is 0 Å². The molecule has 2 rings (SSSR count). The SMILES string of the molecule is Cc1cnc(-n2cc(C(C)(O)C(F)(F)F)nn2)s1. The molecule has 1 N–H and O–H groups in total. The summed E-state index contributed by atoms with van der Waals surface area (Å²) in [5, 5.41) is 16.7. The number of aromatic nitrogens is 4.